The molecule has 0 bridgehead atoms. The lowest BCUT2D eigenvalue weighted by Crippen LogP contribution is -2.36. The van der Waals surface area contributed by atoms with Crippen molar-refractivity contribution >= 4 is 16.9 Å². The van der Waals surface area contributed by atoms with E-state index >= 15 is 0 Å². The Morgan fingerprint density at radius 1 is 1.15 bits per heavy atom. The van der Waals surface area contributed by atoms with Crippen molar-refractivity contribution in [2.75, 3.05) is 27.7 Å². The van der Waals surface area contributed by atoms with Crippen LogP contribution in [0.15, 0.2) is 63.8 Å². The number of hydrogen-bond acceptors (Lipinski definition) is 5. The third kappa shape index (κ3) is 4.01. The standard InChI is InChI=1S/C21H22N2O4/c1-23(2)17(15-9-5-7-11-19(15)26-3)13-22-20(24)16-12-14-8-4-6-10-18(14)27-21(16)25/h4-12,17H,13H2,1-3H3,(H,22,24). The summed E-state index contributed by atoms with van der Waals surface area (Å²) in [5.74, 6) is 0.284. The monoisotopic (exact) mass is 366 g/mol. The Balaban J connectivity index is 1.83. The number of rotatable bonds is 6. The molecular weight excluding hydrogens is 344 g/mol. The van der Waals surface area contributed by atoms with Crippen LogP contribution in [0, 0.1) is 0 Å². The van der Waals surface area contributed by atoms with Gasteiger partial charge in [-0.05, 0) is 32.3 Å². The molecule has 27 heavy (non-hydrogen) atoms. The first-order valence-corrected chi connectivity index (χ1v) is 8.61. The summed E-state index contributed by atoms with van der Waals surface area (Å²) >= 11 is 0. The van der Waals surface area contributed by atoms with Crippen molar-refractivity contribution in [2.24, 2.45) is 0 Å². The van der Waals surface area contributed by atoms with Gasteiger partial charge in [0.25, 0.3) is 5.91 Å². The lowest BCUT2D eigenvalue weighted by atomic mass is 10.0. The van der Waals surface area contributed by atoms with Crippen LogP contribution in [0.1, 0.15) is 22.0 Å². The minimum Gasteiger partial charge on any atom is -0.496 e. The van der Waals surface area contributed by atoms with Gasteiger partial charge in [0.1, 0.15) is 16.9 Å². The van der Waals surface area contributed by atoms with Crippen molar-refractivity contribution < 1.29 is 13.9 Å². The highest BCUT2D eigenvalue weighted by atomic mass is 16.5. The summed E-state index contributed by atoms with van der Waals surface area (Å²) in [4.78, 5) is 26.8. The average molecular weight is 366 g/mol. The van der Waals surface area contributed by atoms with Crippen LogP contribution >= 0.6 is 0 Å². The Morgan fingerprint density at radius 2 is 1.85 bits per heavy atom. The van der Waals surface area contributed by atoms with Gasteiger partial charge < -0.3 is 19.4 Å². The molecule has 1 atom stereocenters. The second-order valence-corrected chi connectivity index (χ2v) is 6.42. The van der Waals surface area contributed by atoms with Gasteiger partial charge in [0.05, 0.1) is 13.2 Å². The molecule has 3 aromatic rings. The number of benzene rings is 2. The molecule has 0 aliphatic carbocycles. The van der Waals surface area contributed by atoms with Gasteiger partial charge in [-0.1, -0.05) is 36.4 Å². The number of hydrogen-bond donors (Lipinski definition) is 1. The molecule has 0 fully saturated rings. The average Bonchev–Trinajstić information content (AvgIpc) is 2.67. The van der Waals surface area contributed by atoms with Crippen LogP contribution in [0.2, 0.25) is 0 Å². The number of amides is 1. The number of nitrogens with one attached hydrogen (secondary N) is 1. The van der Waals surface area contributed by atoms with E-state index in [-0.39, 0.29) is 11.6 Å². The number of likely N-dealkylation sites (N-methyl/N-ethyl adjacent to an activating group) is 1. The Morgan fingerprint density at radius 3 is 2.59 bits per heavy atom. The summed E-state index contributed by atoms with van der Waals surface area (Å²) in [5, 5.41) is 3.54. The maximum atomic E-state index is 12.6. The summed E-state index contributed by atoms with van der Waals surface area (Å²) in [6, 6.07) is 16.2. The number of carbonyl (C=O) groups is 1. The minimum atomic E-state index is -0.648. The van der Waals surface area contributed by atoms with Gasteiger partial charge in [0, 0.05) is 17.5 Å². The first-order chi connectivity index (χ1) is 13.0. The third-order valence-electron chi connectivity index (χ3n) is 4.46. The van der Waals surface area contributed by atoms with Crippen molar-refractivity contribution in [3.8, 4) is 5.75 Å². The minimum absolute atomic E-state index is 0.00812. The smallest absolute Gasteiger partial charge is 0.349 e. The Labute approximate surface area is 157 Å². The van der Waals surface area contributed by atoms with E-state index in [0.29, 0.717) is 17.5 Å². The lowest BCUT2D eigenvalue weighted by molar-refractivity contribution is 0.0938. The van der Waals surface area contributed by atoms with E-state index < -0.39 is 11.5 Å². The molecule has 1 unspecified atom stereocenters. The number of fused-ring (bicyclic) bond motifs is 1. The van der Waals surface area contributed by atoms with Crippen molar-refractivity contribution in [1.82, 2.24) is 10.2 Å². The Bertz CT molecular complexity index is 1010. The molecule has 6 nitrogen and oxygen atoms in total. The van der Waals surface area contributed by atoms with Crippen molar-refractivity contribution in [2.45, 2.75) is 6.04 Å². The largest absolute Gasteiger partial charge is 0.496 e. The molecule has 0 aliphatic heterocycles. The number of para-hydroxylation sites is 2. The van der Waals surface area contributed by atoms with Gasteiger partial charge in [-0.15, -0.1) is 0 Å². The van der Waals surface area contributed by atoms with Gasteiger partial charge >= 0.3 is 5.63 Å². The summed E-state index contributed by atoms with van der Waals surface area (Å²) in [6.45, 7) is 0.318. The molecule has 0 saturated carbocycles. The van der Waals surface area contributed by atoms with Crippen LogP contribution in [-0.2, 0) is 0 Å². The quantitative estimate of drug-likeness (QED) is 0.679. The van der Waals surface area contributed by atoms with Gasteiger partial charge in [-0.3, -0.25) is 4.79 Å². The van der Waals surface area contributed by atoms with Crippen molar-refractivity contribution in [3.05, 3.63) is 76.1 Å². The van der Waals surface area contributed by atoms with Crippen molar-refractivity contribution in [1.29, 1.82) is 0 Å². The predicted octanol–water partition coefficient (Wildman–Crippen LogP) is 2.83. The highest BCUT2D eigenvalue weighted by molar-refractivity contribution is 5.96. The fraction of sp³-hybridized carbons (Fsp3) is 0.238. The number of nitrogens with zero attached hydrogens (tertiary/aromatic N) is 1. The molecule has 0 spiro atoms. The van der Waals surface area contributed by atoms with E-state index in [2.05, 4.69) is 5.32 Å². The van der Waals surface area contributed by atoms with E-state index in [1.165, 1.54) is 0 Å². The van der Waals surface area contributed by atoms with E-state index in [1.807, 2.05) is 49.3 Å². The number of methoxy groups -OCH3 is 1. The number of ether oxygens (including phenoxy) is 1. The zero-order chi connectivity index (χ0) is 19.4. The molecule has 6 heteroatoms. The zero-order valence-electron chi connectivity index (χ0n) is 15.6. The molecule has 1 N–H and O–H groups in total. The maximum absolute atomic E-state index is 12.6. The second kappa shape index (κ2) is 8.05. The normalized spacial score (nSPS) is 12.1. The summed E-state index contributed by atoms with van der Waals surface area (Å²) in [6.07, 6.45) is 0. The molecule has 0 aliphatic rings. The molecule has 140 valence electrons. The van der Waals surface area contributed by atoms with Crippen LogP contribution in [0.5, 0.6) is 5.75 Å². The van der Waals surface area contributed by atoms with Crippen LogP contribution in [0.25, 0.3) is 11.0 Å². The number of carbonyl (C=O) groups excluding carboxylic acids is 1. The first-order valence-electron chi connectivity index (χ1n) is 8.61. The van der Waals surface area contributed by atoms with Crippen LogP contribution < -0.4 is 15.7 Å². The second-order valence-electron chi connectivity index (χ2n) is 6.42. The van der Waals surface area contributed by atoms with Crippen LogP contribution in [0.4, 0.5) is 0 Å². The predicted molar refractivity (Wildman–Crippen MR) is 104 cm³/mol. The van der Waals surface area contributed by atoms with Gasteiger partial charge in [0.15, 0.2) is 0 Å². The molecular formula is C21H22N2O4. The van der Waals surface area contributed by atoms with Gasteiger partial charge in [0.2, 0.25) is 0 Å². The fourth-order valence-corrected chi connectivity index (χ4v) is 3.02. The molecule has 0 saturated heterocycles. The van der Waals surface area contributed by atoms with Crippen LogP contribution in [0.3, 0.4) is 0 Å². The van der Waals surface area contributed by atoms with Gasteiger partial charge in [-0.2, -0.15) is 0 Å². The molecule has 0 radical (unpaired) electrons. The van der Waals surface area contributed by atoms with E-state index in [4.69, 9.17) is 9.15 Å². The molecule has 2 aromatic carbocycles. The lowest BCUT2D eigenvalue weighted by Gasteiger charge is -2.26. The van der Waals surface area contributed by atoms with E-state index in [1.54, 1.807) is 31.4 Å². The molecule has 1 amide bonds. The summed E-state index contributed by atoms with van der Waals surface area (Å²) in [7, 11) is 5.46. The Hall–Kier alpha value is -3.12. The van der Waals surface area contributed by atoms with Gasteiger partial charge in [-0.25, -0.2) is 4.79 Å². The van der Waals surface area contributed by atoms with Crippen LogP contribution in [-0.4, -0.2) is 38.6 Å². The van der Waals surface area contributed by atoms with Crippen molar-refractivity contribution in [3.63, 3.8) is 0 Å². The van der Waals surface area contributed by atoms with E-state index in [0.717, 1.165) is 11.3 Å². The zero-order valence-corrected chi connectivity index (χ0v) is 15.6. The molecule has 3 rings (SSSR count). The summed E-state index contributed by atoms with van der Waals surface area (Å²) in [5.41, 5.74) is 0.756. The molecule has 1 heterocycles. The molecule has 1 aromatic heterocycles. The topological polar surface area (TPSA) is 71.8 Å². The highest BCUT2D eigenvalue weighted by Crippen LogP contribution is 2.27. The van der Waals surface area contributed by atoms with E-state index in [9.17, 15) is 9.59 Å². The third-order valence-corrected chi connectivity index (χ3v) is 4.46. The highest BCUT2D eigenvalue weighted by Gasteiger charge is 2.20. The summed E-state index contributed by atoms with van der Waals surface area (Å²) < 4.78 is 10.7. The SMILES string of the molecule is COc1ccccc1C(CNC(=O)c1cc2ccccc2oc1=O)N(C)C. The Kier molecular flexibility index (Phi) is 5.57. The maximum Gasteiger partial charge on any atom is 0.349 e. The fourth-order valence-electron chi connectivity index (χ4n) is 3.02. The first kappa shape index (κ1) is 18.7.